The van der Waals surface area contributed by atoms with Crippen LogP contribution in [0.25, 0.3) is 11.3 Å². The second-order valence-corrected chi connectivity index (χ2v) is 4.46. The number of methoxy groups -OCH3 is 1. The molecule has 2 rings (SSSR count). The van der Waals surface area contributed by atoms with Crippen molar-refractivity contribution in [3.05, 3.63) is 41.3 Å². The Morgan fingerprint density at radius 3 is 2.63 bits per heavy atom. The van der Waals surface area contributed by atoms with Crippen LogP contribution in [-0.2, 0) is 6.42 Å². The number of nitrogens with zero attached hydrogens (tertiary/aromatic N) is 2. The molecule has 1 aromatic heterocycles. The summed E-state index contributed by atoms with van der Waals surface area (Å²) in [6, 6.07) is 5.94. The Bertz CT molecular complexity index is 582. The maximum absolute atomic E-state index is 5.54. The van der Waals surface area contributed by atoms with E-state index in [0.29, 0.717) is 13.0 Å². The lowest BCUT2D eigenvalue weighted by Gasteiger charge is -2.12. The molecule has 1 aromatic carbocycles. The molecule has 0 unspecified atom stereocenters. The first-order valence-electron chi connectivity index (χ1n) is 6.34. The molecule has 2 aromatic rings. The van der Waals surface area contributed by atoms with Crippen LogP contribution in [-0.4, -0.2) is 23.6 Å². The highest BCUT2D eigenvalue weighted by Crippen LogP contribution is 2.29. The van der Waals surface area contributed by atoms with Gasteiger partial charge < -0.3 is 10.5 Å². The highest BCUT2D eigenvalue weighted by molar-refractivity contribution is 5.66. The third-order valence-corrected chi connectivity index (χ3v) is 3.31. The zero-order valence-corrected chi connectivity index (χ0v) is 11.6. The molecule has 0 amide bonds. The molecule has 0 fully saturated rings. The first-order valence-corrected chi connectivity index (χ1v) is 6.34. The molecule has 0 aliphatic carbocycles. The van der Waals surface area contributed by atoms with Crippen molar-refractivity contribution in [2.75, 3.05) is 13.7 Å². The Kier molecular flexibility index (Phi) is 4.12. The van der Waals surface area contributed by atoms with Gasteiger partial charge in [-0.25, -0.2) is 9.97 Å². The summed E-state index contributed by atoms with van der Waals surface area (Å²) in [6.07, 6.45) is 2.48. The van der Waals surface area contributed by atoms with Gasteiger partial charge in [-0.2, -0.15) is 0 Å². The summed E-state index contributed by atoms with van der Waals surface area (Å²) in [6.45, 7) is 4.70. The molecule has 4 nitrogen and oxygen atoms in total. The minimum atomic E-state index is 0.560. The molecule has 19 heavy (non-hydrogen) atoms. The molecule has 1 heterocycles. The van der Waals surface area contributed by atoms with E-state index in [1.54, 1.807) is 13.3 Å². The molecular formula is C15H19N3O. The van der Waals surface area contributed by atoms with Gasteiger partial charge >= 0.3 is 0 Å². The van der Waals surface area contributed by atoms with Crippen LogP contribution in [0.2, 0.25) is 0 Å². The number of rotatable bonds is 4. The summed E-state index contributed by atoms with van der Waals surface area (Å²) in [5, 5.41) is 0. The maximum atomic E-state index is 5.54. The Balaban J connectivity index is 2.47. The van der Waals surface area contributed by atoms with Gasteiger partial charge in [0.2, 0.25) is 0 Å². The standard InChI is InChI=1S/C15H19N3O/c1-10-11(2)14(19-3)5-4-12(10)13-7-9-17-15(18-13)6-8-16/h4-5,7,9H,6,8,16H2,1-3H3. The summed E-state index contributed by atoms with van der Waals surface area (Å²) in [5.41, 5.74) is 9.90. The lowest BCUT2D eigenvalue weighted by Crippen LogP contribution is -2.06. The Morgan fingerprint density at radius 2 is 1.95 bits per heavy atom. The summed E-state index contributed by atoms with van der Waals surface area (Å²) >= 11 is 0. The molecule has 100 valence electrons. The fourth-order valence-corrected chi connectivity index (χ4v) is 2.09. The first kappa shape index (κ1) is 13.5. The molecule has 0 aliphatic rings. The van der Waals surface area contributed by atoms with Crippen molar-refractivity contribution in [3.8, 4) is 17.0 Å². The van der Waals surface area contributed by atoms with Gasteiger partial charge in [-0.15, -0.1) is 0 Å². The number of benzene rings is 1. The SMILES string of the molecule is COc1ccc(-c2ccnc(CCN)n2)c(C)c1C. The van der Waals surface area contributed by atoms with Gasteiger partial charge in [0.05, 0.1) is 12.8 Å². The topological polar surface area (TPSA) is 61.0 Å². The van der Waals surface area contributed by atoms with E-state index >= 15 is 0 Å². The molecule has 0 saturated carbocycles. The summed E-state index contributed by atoms with van der Waals surface area (Å²) < 4.78 is 5.33. The van der Waals surface area contributed by atoms with Crippen LogP contribution < -0.4 is 10.5 Å². The van der Waals surface area contributed by atoms with Crippen LogP contribution in [0.3, 0.4) is 0 Å². The molecule has 2 N–H and O–H groups in total. The normalized spacial score (nSPS) is 10.5. The van der Waals surface area contributed by atoms with Crippen molar-refractivity contribution < 1.29 is 4.74 Å². The molecule has 4 heteroatoms. The molecule has 0 aliphatic heterocycles. The van der Waals surface area contributed by atoms with Crippen molar-refractivity contribution in [1.29, 1.82) is 0 Å². The number of hydrogen-bond acceptors (Lipinski definition) is 4. The fraction of sp³-hybridized carbons (Fsp3) is 0.333. The van der Waals surface area contributed by atoms with Gasteiger partial charge in [0.15, 0.2) is 0 Å². The number of hydrogen-bond donors (Lipinski definition) is 1. The zero-order valence-electron chi connectivity index (χ0n) is 11.6. The van der Waals surface area contributed by atoms with Crippen LogP contribution in [0.1, 0.15) is 17.0 Å². The second kappa shape index (κ2) is 5.80. The highest BCUT2D eigenvalue weighted by Gasteiger charge is 2.10. The second-order valence-electron chi connectivity index (χ2n) is 4.46. The van der Waals surface area contributed by atoms with Crippen LogP contribution in [0, 0.1) is 13.8 Å². The lowest BCUT2D eigenvalue weighted by molar-refractivity contribution is 0.411. The molecule has 0 radical (unpaired) electrons. The summed E-state index contributed by atoms with van der Waals surface area (Å²) in [5.74, 6) is 1.69. The largest absolute Gasteiger partial charge is 0.496 e. The number of ether oxygens (including phenoxy) is 1. The van der Waals surface area contributed by atoms with E-state index in [2.05, 4.69) is 23.8 Å². The van der Waals surface area contributed by atoms with Crippen molar-refractivity contribution in [3.63, 3.8) is 0 Å². The Morgan fingerprint density at radius 1 is 1.16 bits per heavy atom. The Hall–Kier alpha value is -1.94. The zero-order chi connectivity index (χ0) is 13.8. The average molecular weight is 257 g/mol. The first-order chi connectivity index (χ1) is 9.17. The van der Waals surface area contributed by atoms with Gasteiger partial charge in [-0.3, -0.25) is 0 Å². The predicted molar refractivity (Wildman–Crippen MR) is 76.3 cm³/mol. The fourth-order valence-electron chi connectivity index (χ4n) is 2.09. The third kappa shape index (κ3) is 2.74. The molecule has 0 atom stereocenters. The highest BCUT2D eigenvalue weighted by atomic mass is 16.5. The van der Waals surface area contributed by atoms with Crippen molar-refractivity contribution in [2.24, 2.45) is 5.73 Å². The van der Waals surface area contributed by atoms with Crippen molar-refractivity contribution in [2.45, 2.75) is 20.3 Å². The van der Waals surface area contributed by atoms with Crippen molar-refractivity contribution >= 4 is 0 Å². The smallest absolute Gasteiger partial charge is 0.130 e. The Labute approximate surface area is 113 Å². The van der Waals surface area contributed by atoms with E-state index in [-0.39, 0.29) is 0 Å². The lowest BCUT2D eigenvalue weighted by atomic mass is 10.00. The molecule has 0 bridgehead atoms. The van der Waals surface area contributed by atoms with Gasteiger partial charge in [0, 0.05) is 18.2 Å². The van der Waals surface area contributed by atoms with Gasteiger partial charge in [-0.05, 0) is 49.7 Å². The van der Waals surface area contributed by atoms with Gasteiger partial charge in [-0.1, -0.05) is 0 Å². The van der Waals surface area contributed by atoms with Gasteiger partial charge in [0.25, 0.3) is 0 Å². The average Bonchev–Trinajstić information content (AvgIpc) is 2.42. The van der Waals surface area contributed by atoms with E-state index in [1.165, 1.54) is 5.56 Å². The van der Waals surface area contributed by atoms with Crippen LogP contribution in [0.5, 0.6) is 5.75 Å². The third-order valence-electron chi connectivity index (χ3n) is 3.31. The van der Waals surface area contributed by atoms with Crippen molar-refractivity contribution in [1.82, 2.24) is 9.97 Å². The minimum absolute atomic E-state index is 0.560. The van der Waals surface area contributed by atoms with E-state index in [0.717, 1.165) is 28.4 Å². The number of nitrogens with two attached hydrogens (primary N) is 1. The van der Waals surface area contributed by atoms with E-state index in [9.17, 15) is 0 Å². The van der Waals surface area contributed by atoms with E-state index in [4.69, 9.17) is 10.5 Å². The predicted octanol–water partition coefficient (Wildman–Crippen LogP) is 2.27. The van der Waals surface area contributed by atoms with Gasteiger partial charge in [0.1, 0.15) is 11.6 Å². The molecule has 0 saturated heterocycles. The quantitative estimate of drug-likeness (QED) is 0.912. The van der Waals surface area contributed by atoms with Crippen LogP contribution in [0.15, 0.2) is 24.4 Å². The molecular weight excluding hydrogens is 238 g/mol. The van der Waals surface area contributed by atoms with E-state index < -0.39 is 0 Å². The monoisotopic (exact) mass is 257 g/mol. The van der Waals surface area contributed by atoms with Crippen LogP contribution in [0.4, 0.5) is 0 Å². The summed E-state index contributed by atoms with van der Waals surface area (Å²) in [7, 11) is 1.69. The maximum Gasteiger partial charge on any atom is 0.130 e. The van der Waals surface area contributed by atoms with Crippen LogP contribution >= 0.6 is 0 Å². The summed E-state index contributed by atoms with van der Waals surface area (Å²) in [4.78, 5) is 8.78. The minimum Gasteiger partial charge on any atom is -0.496 e. The number of aromatic nitrogens is 2. The van der Waals surface area contributed by atoms with E-state index in [1.807, 2.05) is 18.2 Å². The molecule has 0 spiro atoms.